The van der Waals surface area contributed by atoms with Crippen LogP contribution in [0.4, 0.5) is 0 Å². The number of unbranched alkanes of at least 4 members (excludes halogenated alkanes) is 5. The molecule has 15 N–H and O–H groups in total. The first-order valence-electron chi connectivity index (χ1n) is 29.9. The van der Waals surface area contributed by atoms with Crippen molar-refractivity contribution in [1.29, 1.82) is 0 Å². The van der Waals surface area contributed by atoms with E-state index >= 15 is 0 Å². The molecule has 4 aromatic carbocycles. The summed E-state index contributed by atoms with van der Waals surface area (Å²) in [4.78, 5) is 109. The summed E-state index contributed by atoms with van der Waals surface area (Å²) in [5.41, 5.74) is 24.0. The van der Waals surface area contributed by atoms with Crippen LogP contribution in [0.2, 0.25) is 0 Å². The lowest BCUT2D eigenvalue weighted by molar-refractivity contribution is -0.136. The highest BCUT2D eigenvalue weighted by atomic mass is 16.2. The van der Waals surface area contributed by atoms with Crippen molar-refractivity contribution in [2.24, 2.45) is 40.7 Å². The molecular weight excluding hydrogens is 1030 g/mol. The summed E-state index contributed by atoms with van der Waals surface area (Å²) in [6.45, 7) is 13.1. The van der Waals surface area contributed by atoms with E-state index in [9.17, 15) is 38.4 Å². The van der Waals surface area contributed by atoms with Gasteiger partial charge in [0.2, 0.25) is 47.3 Å². The van der Waals surface area contributed by atoms with E-state index in [1.807, 2.05) is 41.5 Å². The quantitative estimate of drug-likeness (QED) is 0.0195. The van der Waals surface area contributed by atoms with E-state index in [2.05, 4.69) is 91.8 Å². The van der Waals surface area contributed by atoms with E-state index in [0.29, 0.717) is 96.8 Å². The van der Waals surface area contributed by atoms with Gasteiger partial charge in [-0.2, -0.15) is 0 Å². The predicted molar refractivity (Wildman–Crippen MR) is 322 cm³/mol. The lowest BCUT2D eigenvalue weighted by Gasteiger charge is -2.29. The van der Waals surface area contributed by atoms with E-state index in [0.717, 1.165) is 12.8 Å². The fourth-order valence-electron chi connectivity index (χ4n) is 10.4. The minimum absolute atomic E-state index is 0.00471. The van der Waals surface area contributed by atoms with Crippen LogP contribution >= 0.6 is 0 Å². The Morgan fingerprint density at radius 2 is 0.815 bits per heavy atom. The summed E-state index contributed by atoms with van der Waals surface area (Å²) < 4.78 is 0. The van der Waals surface area contributed by atoms with E-state index in [1.54, 1.807) is 0 Å². The molecule has 19 nitrogen and oxygen atoms in total. The van der Waals surface area contributed by atoms with Crippen molar-refractivity contribution in [2.45, 2.75) is 200 Å². The fourth-order valence-corrected chi connectivity index (χ4v) is 10.4. The standard InChI is InChI=1S/C62H97N11O8/c1-39(2)36-50(68-54(75)24-8-7-15-35-67-53(74)25-17-18-42-26-27-45-29-28-43-19-16-20-44-30-31-46(42)56(45)55(43)44)60(79)72-52(38-41(5)6)62(81)73-51(37-40(3)4)61(80)71-49(23-11-14-34-65)59(78)70-48(22-10-13-33-64)58(77)69-47(57(66)76)21-9-12-32-63/h16,19-20,26-31,39-41,47-52H,7-15,17-18,21-25,32-38,63-65H2,1-6H3,(H2,66,76)(H,67,74)(H,68,75)(H,69,77)(H,70,78)(H,71,80)(H,72,79)(H,73,81)/t47-,48-,49-,50-,51-,52-/m0/s1. The third-order valence-electron chi connectivity index (χ3n) is 14.7. The van der Waals surface area contributed by atoms with Gasteiger partial charge in [0.05, 0.1) is 0 Å². The summed E-state index contributed by atoms with van der Waals surface area (Å²) in [6.07, 6.45) is 8.73. The Bertz CT molecular complexity index is 2630. The van der Waals surface area contributed by atoms with Gasteiger partial charge in [0.1, 0.15) is 36.3 Å². The zero-order chi connectivity index (χ0) is 59.4. The molecule has 0 aromatic heterocycles. The molecule has 4 aromatic rings. The molecule has 0 aliphatic carbocycles. The van der Waals surface area contributed by atoms with Crippen LogP contribution in [0.15, 0.2) is 54.6 Å². The molecule has 0 bridgehead atoms. The molecule has 6 atom stereocenters. The number of amides is 8. The molecule has 0 saturated heterocycles. The van der Waals surface area contributed by atoms with Crippen molar-refractivity contribution in [2.75, 3.05) is 26.2 Å². The van der Waals surface area contributed by atoms with Crippen LogP contribution in [0.3, 0.4) is 0 Å². The van der Waals surface area contributed by atoms with Crippen LogP contribution < -0.4 is 60.2 Å². The maximum absolute atomic E-state index is 14.3. The number of aryl methyl sites for hydroxylation is 1. The van der Waals surface area contributed by atoms with Gasteiger partial charge in [-0.3, -0.25) is 38.4 Å². The second-order valence-electron chi connectivity index (χ2n) is 23.2. The van der Waals surface area contributed by atoms with Crippen molar-refractivity contribution in [3.05, 3.63) is 60.2 Å². The Morgan fingerprint density at radius 1 is 0.407 bits per heavy atom. The third kappa shape index (κ3) is 22.8. The lowest BCUT2D eigenvalue weighted by Crippen LogP contribution is -2.60. The first-order chi connectivity index (χ1) is 38.8. The van der Waals surface area contributed by atoms with Crippen molar-refractivity contribution < 1.29 is 38.4 Å². The van der Waals surface area contributed by atoms with E-state index in [4.69, 9.17) is 22.9 Å². The largest absolute Gasteiger partial charge is 0.368 e. The van der Waals surface area contributed by atoms with E-state index in [1.165, 1.54) is 37.9 Å². The number of nitrogens with two attached hydrogens (primary N) is 4. The van der Waals surface area contributed by atoms with Crippen LogP contribution in [-0.2, 0) is 44.8 Å². The lowest BCUT2D eigenvalue weighted by atomic mass is 9.90. The number of benzene rings is 4. The normalized spacial score (nSPS) is 13.9. The van der Waals surface area contributed by atoms with Gasteiger partial charge >= 0.3 is 0 Å². The second kappa shape index (κ2) is 35.4. The van der Waals surface area contributed by atoms with Crippen molar-refractivity contribution in [1.82, 2.24) is 37.2 Å². The van der Waals surface area contributed by atoms with Crippen molar-refractivity contribution in [3.8, 4) is 0 Å². The molecule has 0 aliphatic rings. The number of carbonyl (C=O) groups excluding carboxylic acids is 8. The average Bonchev–Trinajstić information content (AvgIpc) is 3.62. The summed E-state index contributed by atoms with van der Waals surface area (Å²) in [7, 11) is 0. The Labute approximate surface area is 480 Å². The van der Waals surface area contributed by atoms with Crippen LogP contribution in [-0.4, -0.2) is 110 Å². The molecule has 0 unspecified atom stereocenters. The van der Waals surface area contributed by atoms with Gasteiger partial charge in [-0.25, -0.2) is 0 Å². The van der Waals surface area contributed by atoms with Crippen LogP contribution in [0.5, 0.6) is 0 Å². The number of hydrogen-bond donors (Lipinski definition) is 11. The Kier molecular flexibility index (Phi) is 29.3. The van der Waals surface area contributed by atoms with Gasteiger partial charge in [0.25, 0.3) is 0 Å². The van der Waals surface area contributed by atoms with Crippen molar-refractivity contribution in [3.63, 3.8) is 0 Å². The molecule has 0 spiro atoms. The fraction of sp³-hybridized carbons (Fsp3) is 0.613. The predicted octanol–water partition coefficient (Wildman–Crippen LogP) is 5.50. The number of rotatable bonds is 40. The van der Waals surface area contributed by atoms with E-state index < -0.39 is 71.7 Å². The highest BCUT2D eigenvalue weighted by Crippen LogP contribution is 2.36. The van der Waals surface area contributed by atoms with Gasteiger partial charge in [0.15, 0.2) is 0 Å². The maximum atomic E-state index is 14.3. The molecular formula is C62H97N11O8. The molecule has 0 fully saturated rings. The average molecular weight is 1120 g/mol. The summed E-state index contributed by atoms with van der Waals surface area (Å²) in [6, 6.07) is 13.2. The Balaban J connectivity index is 1.31. The highest BCUT2D eigenvalue weighted by Gasteiger charge is 2.34. The topological polar surface area (TPSA) is 325 Å². The Morgan fingerprint density at radius 3 is 1.30 bits per heavy atom. The van der Waals surface area contributed by atoms with E-state index in [-0.39, 0.29) is 68.1 Å². The van der Waals surface area contributed by atoms with Gasteiger partial charge in [-0.05, 0) is 178 Å². The first-order valence-corrected chi connectivity index (χ1v) is 29.9. The van der Waals surface area contributed by atoms with Crippen LogP contribution in [0.25, 0.3) is 32.3 Å². The molecule has 81 heavy (non-hydrogen) atoms. The minimum atomic E-state index is -1.12. The SMILES string of the molecule is CC(C)C[C@H](NC(=O)CCCCCNC(=O)CCCc1ccc2ccc3cccc4ccc1c2c34)C(=O)N[C@@H](CC(C)C)C(=O)N[C@@H](CC(C)C)C(=O)N[C@@H](CCCCN)C(=O)N[C@@H](CCCCN)C(=O)N[C@@H](CCCCN)C(N)=O. The summed E-state index contributed by atoms with van der Waals surface area (Å²) in [5.74, 6) is -4.12. The van der Waals surface area contributed by atoms with Crippen molar-refractivity contribution >= 4 is 79.6 Å². The maximum Gasteiger partial charge on any atom is 0.243 e. The molecule has 19 heteroatoms. The zero-order valence-electron chi connectivity index (χ0n) is 49.2. The molecule has 448 valence electrons. The first kappa shape index (κ1) is 67.1. The number of primary amides is 1. The molecule has 0 heterocycles. The van der Waals surface area contributed by atoms with Gasteiger partial charge in [-0.15, -0.1) is 0 Å². The second-order valence-corrected chi connectivity index (χ2v) is 23.2. The van der Waals surface area contributed by atoms with Gasteiger partial charge in [-0.1, -0.05) is 103 Å². The molecule has 0 saturated carbocycles. The number of nitrogens with one attached hydrogen (secondary N) is 7. The molecule has 4 rings (SSSR count). The zero-order valence-corrected chi connectivity index (χ0v) is 49.2. The summed E-state index contributed by atoms with van der Waals surface area (Å²) >= 11 is 0. The molecule has 0 aliphatic heterocycles. The van der Waals surface area contributed by atoms with Crippen LogP contribution in [0, 0.1) is 17.8 Å². The monoisotopic (exact) mass is 1120 g/mol. The smallest absolute Gasteiger partial charge is 0.243 e. The number of carbonyl (C=O) groups is 8. The minimum Gasteiger partial charge on any atom is -0.368 e. The summed E-state index contributed by atoms with van der Waals surface area (Å²) in [5, 5.41) is 27.4. The van der Waals surface area contributed by atoms with Gasteiger partial charge < -0.3 is 60.2 Å². The third-order valence-corrected chi connectivity index (χ3v) is 14.7. The highest BCUT2D eigenvalue weighted by molar-refractivity contribution is 6.23. The van der Waals surface area contributed by atoms with Crippen LogP contribution in [0.1, 0.15) is 163 Å². The number of hydrogen-bond acceptors (Lipinski definition) is 11. The van der Waals surface area contributed by atoms with Gasteiger partial charge in [0, 0.05) is 19.4 Å². The Hall–Kier alpha value is -6.44. The molecule has 8 amide bonds. The molecule has 0 radical (unpaired) electrons.